The maximum absolute atomic E-state index is 4.36. The standard InChI is InChI=1S/C24H27N2/c1-16-13-20-21(14-17(16)22-15-25-11-12-26(22)6)24(4,5)19-10-8-7-9-18(19)23(20,2)3/h7-15H,1-6H3/q+1. The number of hydrogen-bond donors (Lipinski definition) is 0. The van der Waals surface area contributed by atoms with E-state index in [0.29, 0.717) is 0 Å². The van der Waals surface area contributed by atoms with Crippen LogP contribution in [0.3, 0.4) is 0 Å². The van der Waals surface area contributed by atoms with Gasteiger partial charge in [0.25, 0.3) is 0 Å². The number of aromatic nitrogens is 2. The minimum absolute atomic E-state index is 0.00185. The van der Waals surface area contributed by atoms with Crippen LogP contribution in [0.1, 0.15) is 55.5 Å². The highest BCUT2D eigenvalue weighted by Gasteiger charge is 2.42. The van der Waals surface area contributed by atoms with E-state index in [4.69, 9.17) is 0 Å². The van der Waals surface area contributed by atoms with Gasteiger partial charge in [0, 0.05) is 10.8 Å². The van der Waals surface area contributed by atoms with E-state index in [0.717, 1.165) is 5.69 Å². The predicted molar refractivity (Wildman–Crippen MR) is 106 cm³/mol. The smallest absolute Gasteiger partial charge is 0.231 e. The molecule has 1 aliphatic carbocycles. The molecule has 0 radical (unpaired) electrons. The highest BCUT2D eigenvalue weighted by Crippen LogP contribution is 2.50. The molecule has 4 rings (SSSR count). The molecule has 0 amide bonds. The molecular weight excluding hydrogens is 316 g/mol. The summed E-state index contributed by atoms with van der Waals surface area (Å²) in [4.78, 5) is 4.36. The highest BCUT2D eigenvalue weighted by molar-refractivity contribution is 5.68. The Morgan fingerprint density at radius 2 is 1.42 bits per heavy atom. The van der Waals surface area contributed by atoms with Crippen LogP contribution in [0.4, 0.5) is 0 Å². The third-order valence-electron chi connectivity index (χ3n) is 6.21. The van der Waals surface area contributed by atoms with Gasteiger partial charge in [-0.1, -0.05) is 58.0 Å². The summed E-state index contributed by atoms with van der Waals surface area (Å²) in [6, 6.07) is 13.7. The van der Waals surface area contributed by atoms with Crippen molar-refractivity contribution in [2.24, 2.45) is 7.05 Å². The summed E-state index contributed by atoms with van der Waals surface area (Å²) < 4.78 is 2.15. The Morgan fingerprint density at radius 3 is 2.00 bits per heavy atom. The van der Waals surface area contributed by atoms with E-state index in [2.05, 4.69) is 87.6 Å². The second-order valence-corrected chi connectivity index (χ2v) is 8.58. The second-order valence-electron chi connectivity index (χ2n) is 8.58. The lowest BCUT2D eigenvalue weighted by Gasteiger charge is -2.44. The lowest BCUT2D eigenvalue weighted by Crippen LogP contribution is -2.37. The van der Waals surface area contributed by atoms with Gasteiger partial charge in [-0.3, -0.25) is 4.98 Å². The Kier molecular flexibility index (Phi) is 3.59. The van der Waals surface area contributed by atoms with Crippen LogP contribution < -0.4 is 4.57 Å². The van der Waals surface area contributed by atoms with Crippen molar-refractivity contribution in [3.63, 3.8) is 0 Å². The molecule has 0 fully saturated rings. The molecule has 0 saturated carbocycles. The number of benzene rings is 2. The zero-order valence-electron chi connectivity index (χ0n) is 16.6. The monoisotopic (exact) mass is 343 g/mol. The van der Waals surface area contributed by atoms with E-state index in [1.54, 1.807) is 0 Å². The van der Waals surface area contributed by atoms with Crippen molar-refractivity contribution in [1.82, 2.24) is 4.98 Å². The Labute approximate surface area is 156 Å². The highest BCUT2D eigenvalue weighted by atomic mass is 14.9. The Bertz CT molecular complexity index is 1010. The minimum atomic E-state index is -0.0231. The number of nitrogens with zero attached hydrogens (tertiary/aromatic N) is 2. The van der Waals surface area contributed by atoms with E-state index in [1.165, 1.54) is 33.4 Å². The molecule has 0 atom stereocenters. The van der Waals surface area contributed by atoms with Crippen LogP contribution in [0.2, 0.25) is 0 Å². The first-order valence-electron chi connectivity index (χ1n) is 9.30. The first-order chi connectivity index (χ1) is 12.2. The molecule has 1 heterocycles. The van der Waals surface area contributed by atoms with Gasteiger partial charge in [0.15, 0.2) is 6.20 Å². The fourth-order valence-corrected chi connectivity index (χ4v) is 4.56. The molecule has 0 bridgehead atoms. The van der Waals surface area contributed by atoms with Crippen molar-refractivity contribution in [1.29, 1.82) is 0 Å². The first kappa shape index (κ1) is 17.0. The van der Waals surface area contributed by atoms with Crippen molar-refractivity contribution in [2.75, 3.05) is 0 Å². The van der Waals surface area contributed by atoms with E-state index in [1.807, 2.05) is 18.6 Å². The average molecular weight is 343 g/mol. The topological polar surface area (TPSA) is 16.8 Å². The van der Waals surface area contributed by atoms with Gasteiger partial charge in [0.1, 0.15) is 7.05 Å². The van der Waals surface area contributed by atoms with E-state index in [9.17, 15) is 0 Å². The third kappa shape index (κ3) is 2.25. The maximum atomic E-state index is 4.36. The van der Waals surface area contributed by atoms with Crippen LogP contribution in [-0.4, -0.2) is 4.98 Å². The molecular formula is C24H27N2+. The van der Waals surface area contributed by atoms with Crippen LogP contribution in [-0.2, 0) is 17.9 Å². The van der Waals surface area contributed by atoms with Gasteiger partial charge in [0.2, 0.25) is 5.69 Å². The minimum Gasteiger partial charge on any atom is -0.252 e. The lowest BCUT2D eigenvalue weighted by atomic mass is 9.59. The molecule has 3 aromatic rings. The molecule has 2 nitrogen and oxygen atoms in total. The molecule has 0 saturated heterocycles. The number of hydrogen-bond acceptors (Lipinski definition) is 1. The zero-order chi connectivity index (χ0) is 18.7. The quantitative estimate of drug-likeness (QED) is 0.577. The van der Waals surface area contributed by atoms with Gasteiger partial charge in [-0.2, -0.15) is 4.57 Å². The largest absolute Gasteiger partial charge is 0.252 e. The van der Waals surface area contributed by atoms with Gasteiger partial charge in [-0.25, -0.2) is 0 Å². The molecule has 132 valence electrons. The number of aryl methyl sites for hydroxylation is 2. The molecule has 26 heavy (non-hydrogen) atoms. The Hall–Kier alpha value is -2.48. The van der Waals surface area contributed by atoms with Crippen LogP contribution >= 0.6 is 0 Å². The van der Waals surface area contributed by atoms with Crippen molar-refractivity contribution in [3.05, 3.63) is 82.8 Å². The molecule has 2 aromatic carbocycles. The Balaban J connectivity index is 2.04. The van der Waals surface area contributed by atoms with Crippen LogP contribution in [0.15, 0.2) is 55.0 Å². The second kappa shape index (κ2) is 5.51. The van der Waals surface area contributed by atoms with Gasteiger partial charge in [-0.05, 0) is 40.8 Å². The summed E-state index contributed by atoms with van der Waals surface area (Å²) in [6.07, 6.45) is 5.81. The van der Waals surface area contributed by atoms with E-state index < -0.39 is 0 Å². The van der Waals surface area contributed by atoms with Crippen molar-refractivity contribution < 1.29 is 4.57 Å². The molecule has 1 aromatic heterocycles. The number of fused-ring (bicyclic) bond motifs is 2. The van der Waals surface area contributed by atoms with Crippen LogP contribution in [0.5, 0.6) is 0 Å². The lowest BCUT2D eigenvalue weighted by molar-refractivity contribution is -0.660. The van der Waals surface area contributed by atoms with Crippen molar-refractivity contribution in [3.8, 4) is 11.3 Å². The first-order valence-corrected chi connectivity index (χ1v) is 9.30. The molecule has 0 spiro atoms. The molecule has 0 aliphatic heterocycles. The molecule has 2 heteroatoms. The third-order valence-corrected chi connectivity index (χ3v) is 6.21. The fourth-order valence-electron chi connectivity index (χ4n) is 4.56. The van der Waals surface area contributed by atoms with E-state index >= 15 is 0 Å². The summed E-state index contributed by atoms with van der Waals surface area (Å²) in [5.74, 6) is 0. The summed E-state index contributed by atoms with van der Waals surface area (Å²) in [6.45, 7) is 11.6. The van der Waals surface area contributed by atoms with Gasteiger partial charge in [-0.15, -0.1) is 0 Å². The Morgan fingerprint density at radius 1 is 0.846 bits per heavy atom. The maximum Gasteiger partial charge on any atom is 0.231 e. The zero-order valence-corrected chi connectivity index (χ0v) is 16.6. The molecule has 1 aliphatic rings. The summed E-state index contributed by atoms with van der Waals surface area (Å²) in [5.41, 5.74) is 9.43. The normalized spacial score (nSPS) is 16.7. The average Bonchev–Trinajstić information content (AvgIpc) is 2.61. The van der Waals surface area contributed by atoms with Gasteiger partial charge in [0.05, 0.1) is 18.0 Å². The summed E-state index contributed by atoms with van der Waals surface area (Å²) >= 11 is 0. The fraction of sp³-hybridized carbons (Fsp3) is 0.333. The van der Waals surface area contributed by atoms with Crippen LogP contribution in [0, 0.1) is 6.92 Å². The van der Waals surface area contributed by atoms with Gasteiger partial charge < -0.3 is 0 Å². The van der Waals surface area contributed by atoms with Crippen molar-refractivity contribution >= 4 is 0 Å². The SMILES string of the molecule is Cc1cc2c(cc1-c1cncc[n+]1C)C(C)(C)c1ccccc1C2(C)C. The number of rotatable bonds is 1. The van der Waals surface area contributed by atoms with Crippen LogP contribution in [0.25, 0.3) is 11.3 Å². The summed E-state index contributed by atoms with van der Waals surface area (Å²) in [5, 5.41) is 0. The molecule has 0 unspecified atom stereocenters. The van der Waals surface area contributed by atoms with Gasteiger partial charge >= 0.3 is 0 Å². The summed E-state index contributed by atoms with van der Waals surface area (Å²) in [7, 11) is 2.08. The van der Waals surface area contributed by atoms with Crippen molar-refractivity contribution in [2.45, 2.75) is 45.4 Å². The van der Waals surface area contributed by atoms with E-state index in [-0.39, 0.29) is 10.8 Å². The molecule has 0 N–H and O–H groups in total. The predicted octanol–water partition coefficient (Wildman–Crippen LogP) is 4.85.